The van der Waals surface area contributed by atoms with E-state index in [1.165, 1.54) is 6.08 Å². The van der Waals surface area contributed by atoms with Crippen molar-refractivity contribution in [3.05, 3.63) is 48.2 Å². The fourth-order valence-corrected chi connectivity index (χ4v) is 4.71. The van der Waals surface area contributed by atoms with Gasteiger partial charge in [-0.25, -0.2) is 0 Å². The molecule has 1 aliphatic rings. The second-order valence-corrected chi connectivity index (χ2v) is 12.1. The van der Waals surface area contributed by atoms with Gasteiger partial charge in [-0.05, 0) is 11.1 Å². The molecular weight excluding hydrogens is 278 g/mol. The number of anilines is 1. The van der Waals surface area contributed by atoms with Crippen LogP contribution >= 0.6 is 0 Å². The molecule has 1 aromatic carbocycles. The van der Waals surface area contributed by atoms with Crippen LogP contribution in [0, 0.1) is 0 Å². The molecule has 3 nitrogen and oxygen atoms in total. The molecule has 1 amide bonds. The van der Waals surface area contributed by atoms with Gasteiger partial charge < -0.3 is 9.67 Å². The van der Waals surface area contributed by atoms with Crippen molar-refractivity contribution in [2.75, 3.05) is 4.57 Å². The highest BCUT2D eigenvalue weighted by molar-refractivity contribution is 6.87. The van der Waals surface area contributed by atoms with Crippen LogP contribution < -0.4 is 4.57 Å². The molecule has 1 unspecified atom stereocenters. The van der Waals surface area contributed by atoms with Crippen LogP contribution in [0.15, 0.2) is 42.7 Å². The lowest BCUT2D eigenvalue weighted by Crippen LogP contribution is -2.58. The van der Waals surface area contributed by atoms with Crippen LogP contribution in [0.3, 0.4) is 0 Å². The van der Waals surface area contributed by atoms with Crippen molar-refractivity contribution < 1.29 is 9.90 Å². The molecule has 4 heteroatoms. The van der Waals surface area contributed by atoms with Crippen molar-refractivity contribution in [3.8, 4) is 0 Å². The predicted octanol–water partition coefficient (Wildman–Crippen LogP) is 3.57. The zero-order chi connectivity index (χ0) is 16.1. The number of nitrogens with zero attached hydrogens (tertiary/aromatic N) is 1. The molecule has 0 saturated carbocycles. The molecule has 1 atom stereocenters. The fourth-order valence-electron chi connectivity index (χ4n) is 2.56. The van der Waals surface area contributed by atoms with E-state index in [9.17, 15) is 9.90 Å². The number of carbonyl (C=O) groups is 1. The van der Waals surface area contributed by atoms with Gasteiger partial charge in [-0.2, -0.15) is 0 Å². The van der Waals surface area contributed by atoms with Gasteiger partial charge in [0.05, 0.1) is 0 Å². The standard InChI is InChI=1S/C17H23NO2Si/c1-7-12-17(20)13-10-8-9-11-14(13)18(15(17)19)21(5,6)16(2,3)4/h8-12,20H,1H2,2-6H3. The Hall–Kier alpha value is -1.61. The largest absolute Gasteiger partial charge is 0.372 e. The summed E-state index contributed by atoms with van der Waals surface area (Å²) in [5, 5.41) is 10.9. The summed E-state index contributed by atoms with van der Waals surface area (Å²) in [5.74, 6) is -0.286. The van der Waals surface area contributed by atoms with Gasteiger partial charge in [-0.1, -0.05) is 58.6 Å². The number of hydrogen-bond donors (Lipinski definition) is 1. The molecule has 0 fully saturated rings. The van der Waals surface area contributed by atoms with E-state index in [-0.39, 0.29) is 10.9 Å². The molecule has 0 spiro atoms. The zero-order valence-electron chi connectivity index (χ0n) is 13.4. The summed E-state index contributed by atoms with van der Waals surface area (Å²) in [6, 6.07) is 7.44. The summed E-state index contributed by atoms with van der Waals surface area (Å²) < 4.78 is 1.84. The van der Waals surface area contributed by atoms with Gasteiger partial charge in [0.25, 0.3) is 5.91 Å². The second kappa shape index (κ2) is 4.70. The van der Waals surface area contributed by atoms with E-state index in [1.807, 2.05) is 22.8 Å². The topological polar surface area (TPSA) is 40.5 Å². The Bertz CT molecular complexity index is 638. The molecule has 1 aromatic rings. The van der Waals surface area contributed by atoms with Crippen molar-refractivity contribution in [1.29, 1.82) is 0 Å². The maximum atomic E-state index is 13.0. The number of hydrogen-bond acceptors (Lipinski definition) is 2. The molecule has 2 rings (SSSR count). The average Bonchev–Trinajstić information content (AvgIpc) is 2.59. The van der Waals surface area contributed by atoms with Crippen LogP contribution in [-0.4, -0.2) is 19.2 Å². The number of para-hydroxylation sites is 1. The monoisotopic (exact) mass is 301 g/mol. The summed E-state index contributed by atoms with van der Waals surface area (Å²) in [6.07, 6.45) is 1.36. The van der Waals surface area contributed by atoms with E-state index >= 15 is 0 Å². The van der Waals surface area contributed by atoms with Gasteiger partial charge >= 0.3 is 0 Å². The quantitative estimate of drug-likeness (QED) is 0.670. The maximum absolute atomic E-state index is 13.0. The van der Waals surface area contributed by atoms with Crippen LogP contribution in [0.4, 0.5) is 5.69 Å². The van der Waals surface area contributed by atoms with Crippen LogP contribution in [0.25, 0.3) is 0 Å². The fraction of sp³-hybridized carbons (Fsp3) is 0.412. The van der Waals surface area contributed by atoms with Gasteiger partial charge in [-0.15, -0.1) is 5.73 Å². The molecule has 112 valence electrons. The smallest absolute Gasteiger partial charge is 0.260 e. The number of benzene rings is 1. The molecule has 1 heterocycles. The lowest BCUT2D eigenvalue weighted by molar-refractivity contribution is -0.130. The first-order valence-corrected chi connectivity index (χ1v) is 10.1. The summed E-state index contributed by atoms with van der Waals surface area (Å²) in [4.78, 5) is 13.0. The molecule has 0 saturated heterocycles. The van der Waals surface area contributed by atoms with Gasteiger partial charge in [-0.3, -0.25) is 4.79 Å². The Morgan fingerprint density at radius 2 is 1.90 bits per heavy atom. The molecule has 0 radical (unpaired) electrons. The third kappa shape index (κ3) is 2.11. The van der Waals surface area contributed by atoms with E-state index in [4.69, 9.17) is 0 Å². The Balaban J connectivity index is 2.72. The van der Waals surface area contributed by atoms with Crippen molar-refractivity contribution in [2.45, 2.75) is 44.5 Å². The molecule has 0 bridgehead atoms. The van der Waals surface area contributed by atoms with Crippen LogP contribution in [0.5, 0.6) is 0 Å². The van der Waals surface area contributed by atoms with Gasteiger partial charge in [0.15, 0.2) is 13.8 Å². The predicted molar refractivity (Wildman–Crippen MR) is 88.7 cm³/mol. The third-order valence-electron chi connectivity index (χ3n) is 4.79. The van der Waals surface area contributed by atoms with E-state index in [0.29, 0.717) is 5.56 Å². The zero-order valence-corrected chi connectivity index (χ0v) is 14.4. The minimum Gasteiger partial charge on any atom is -0.372 e. The SMILES string of the molecule is C=C=CC1(O)C(=O)N([Si](C)(C)C(C)(C)C)c2ccccc21. The summed E-state index contributed by atoms with van der Waals surface area (Å²) in [7, 11) is -2.15. The summed E-state index contributed by atoms with van der Waals surface area (Å²) in [5.41, 5.74) is 2.36. The Labute approximate surface area is 127 Å². The highest BCUT2D eigenvalue weighted by Gasteiger charge is 2.55. The second-order valence-electron chi connectivity index (χ2n) is 7.08. The molecular formula is C17H23NO2Si. The number of carbonyl (C=O) groups excluding carboxylic acids is 1. The number of aliphatic hydroxyl groups is 1. The lowest BCUT2D eigenvalue weighted by atomic mass is 9.95. The normalized spacial score (nSPS) is 22.0. The van der Waals surface area contributed by atoms with Gasteiger partial charge in [0, 0.05) is 17.3 Å². The summed E-state index contributed by atoms with van der Waals surface area (Å²) in [6.45, 7) is 14.3. The first kappa shape index (κ1) is 15.8. The maximum Gasteiger partial charge on any atom is 0.260 e. The highest BCUT2D eigenvalue weighted by atomic mass is 28.3. The molecule has 0 aromatic heterocycles. The van der Waals surface area contributed by atoms with E-state index < -0.39 is 13.8 Å². The van der Waals surface area contributed by atoms with Gasteiger partial charge in [0.1, 0.15) is 0 Å². The van der Waals surface area contributed by atoms with Crippen LogP contribution in [-0.2, 0) is 10.4 Å². The molecule has 21 heavy (non-hydrogen) atoms. The lowest BCUT2D eigenvalue weighted by Gasteiger charge is -2.44. The molecule has 1 aliphatic heterocycles. The van der Waals surface area contributed by atoms with Crippen LogP contribution in [0.2, 0.25) is 18.1 Å². The van der Waals surface area contributed by atoms with E-state index in [0.717, 1.165) is 5.69 Å². The Morgan fingerprint density at radius 3 is 2.43 bits per heavy atom. The van der Waals surface area contributed by atoms with Crippen molar-refractivity contribution >= 4 is 19.8 Å². The minimum absolute atomic E-state index is 0.0150. The van der Waals surface area contributed by atoms with Crippen molar-refractivity contribution in [3.63, 3.8) is 0 Å². The molecule has 0 aliphatic carbocycles. The molecule has 1 N–H and O–H groups in total. The van der Waals surface area contributed by atoms with Crippen molar-refractivity contribution in [1.82, 2.24) is 0 Å². The first-order valence-electron chi connectivity index (χ1n) is 7.11. The first-order chi connectivity index (χ1) is 9.57. The highest BCUT2D eigenvalue weighted by Crippen LogP contribution is 2.49. The van der Waals surface area contributed by atoms with Crippen LogP contribution in [0.1, 0.15) is 26.3 Å². The minimum atomic E-state index is -2.15. The number of fused-ring (bicyclic) bond motifs is 1. The van der Waals surface area contributed by atoms with E-state index in [1.54, 1.807) is 6.07 Å². The Morgan fingerprint density at radius 1 is 1.33 bits per heavy atom. The Kier molecular flexibility index (Phi) is 3.53. The third-order valence-corrected chi connectivity index (χ3v) is 10.0. The number of amides is 1. The van der Waals surface area contributed by atoms with Crippen molar-refractivity contribution in [2.24, 2.45) is 0 Å². The van der Waals surface area contributed by atoms with E-state index in [2.05, 4.69) is 46.2 Å². The van der Waals surface area contributed by atoms with Gasteiger partial charge in [0.2, 0.25) is 0 Å². The number of rotatable bonds is 2. The average molecular weight is 301 g/mol. The summed E-state index contributed by atoms with van der Waals surface area (Å²) >= 11 is 0.